The van der Waals surface area contributed by atoms with Crippen molar-refractivity contribution < 1.29 is 0 Å². The molecule has 102 valence electrons. The van der Waals surface area contributed by atoms with E-state index in [1.807, 2.05) is 0 Å². The number of likely N-dealkylation sites (N-methyl/N-ethyl adjacent to an activating group) is 1. The molecule has 0 saturated heterocycles. The van der Waals surface area contributed by atoms with Crippen LogP contribution in [0.1, 0.15) is 44.0 Å². The molecule has 1 aromatic heterocycles. The van der Waals surface area contributed by atoms with Crippen LogP contribution in [0.5, 0.6) is 0 Å². The largest absolute Gasteiger partial charge is 0.328 e. The number of hydrogen-bond acceptors (Lipinski definition) is 3. The molecule has 0 aromatic carbocycles. The van der Waals surface area contributed by atoms with Gasteiger partial charge in [0.2, 0.25) is 0 Å². The topological polar surface area (TPSA) is 33.1 Å². The first-order valence-corrected chi connectivity index (χ1v) is 7.17. The lowest BCUT2D eigenvalue weighted by Gasteiger charge is -2.26. The molecule has 4 nitrogen and oxygen atoms in total. The molecular formula is C14H26N4. The van der Waals surface area contributed by atoms with E-state index in [0.29, 0.717) is 6.04 Å². The maximum absolute atomic E-state index is 4.71. The molecule has 18 heavy (non-hydrogen) atoms. The average molecular weight is 250 g/mol. The van der Waals surface area contributed by atoms with E-state index < -0.39 is 0 Å². The SMILES string of the molecule is CCN(CC)CC(C)n1c(C)nc2c1CCNC2. The van der Waals surface area contributed by atoms with Gasteiger partial charge < -0.3 is 14.8 Å². The van der Waals surface area contributed by atoms with Gasteiger partial charge in [-0.15, -0.1) is 0 Å². The van der Waals surface area contributed by atoms with Crippen LogP contribution in [0.25, 0.3) is 0 Å². The maximum Gasteiger partial charge on any atom is 0.106 e. The Balaban J connectivity index is 2.19. The molecule has 1 N–H and O–H groups in total. The van der Waals surface area contributed by atoms with Gasteiger partial charge in [0.05, 0.1) is 5.69 Å². The van der Waals surface area contributed by atoms with E-state index in [2.05, 4.69) is 42.5 Å². The Bertz CT molecular complexity index is 393. The summed E-state index contributed by atoms with van der Waals surface area (Å²) in [5, 5.41) is 3.40. The summed E-state index contributed by atoms with van der Waals surface area (Å²) < 4.78 is 2.45. The van der Waals surface area contributed by atoms with Crippen molar-refractivity contribution in [2.24, 2.45) is 0 Å². The number of rotatable bonds is 5. The molecule has 0 aliphatic carbocycles. The normalized spacial score (nSPS) is 16.9. The third-order valence-corrected chi connectivity index (χ3v) is 3.96. The first-order valence-electron chi connectivity index (χ1n) is 7.17. The lowest BCUT2D eigenvalue weighted by molar-refractivity contribution is 0.257. The van der Waals surface area contributed by atoms with Crippen molar-refractivity contribution in [1.82, 2.24) is 19.8 Å². The van der Waals surface area contributed by atoms with Gasteiger partial charge in [-0.2, -0.15) is 0 Å². The van der Waals surface area contributed by atoms with E-state index >= 15 is 0 Å². The highest BCUT2D eigenvalue weighted by molar-refractivity contribution is 5.20. The summed E-state index contributed by atoms with van der Waals surface area (Å²) in [6.45, 7) is 14.3. The maximum atomic E-state index is 4.71. The van der Waals surface area contributed by atoms with Crippen molar-refractivity contribution >= 4 is 0 Å². The van der Waals surface area contributed by atoms with Crippen LogP contribution < -0.4 is 5.32 Å². The van der Waals surface area contributed by atoms with Crippen LogP contribution >= 0.6 is 0 Å². The summed E-state index contributed by atoms with van der Waals surface area (Å²) in [4.78, 5) is 7.20. The summed E-state index contributed by atoms with van der Waals surface area (Å²) in [7, 11) is 0. The molecule has 2 heterocycles. The number of imidazole rings is 1. The Labute approximate surface area is 110 Å². The predicted octanol–water partition coefficient (Wildman–Crippen LogP) is 1.74. The van der Waals surface area contributed by atoms with Crippen LogP contribution in [-0.4, -0.2) is 40.6 Å². The fourth-order valence-electron chi connectivity index (χ4n) is 2.99. The summed E-state index contributed by atoms with van der Waals surface area (Å²) in [5.74, 6) is 1.17. The lowest BCUT2D eigenvalue weighted by Crippen LogP contribution is -2.32. The van der Waals surface area contributed by atoms with Crippen LogP contribution in [-0.2, 0) is 13.0 Å². The molecule has 2 rings (SSSR count). The van der Waals surface area contributed by atoms with Gasteiger partial charge >= 0.3 is 0 Å². The minimum Gasteiger partial charge on any atom is -0.328 e. The number of nitrogens with one attached hydrogen (secondary N) is 1. The van der Waals surface area contributed by atoms with Gasteiger partial charge in [-0.1, -0.05) is 13.8 Å². The third kappa shape index (κ3) is 2.59. The number of fused-ring (bicyclic) bond motifs is 1. The summed E-state index contributed by atoms with van der Waals surface area (Å²) >= 11 is 0. The highest BCUT2D eigenvalue weighted by Crippen LogP contribution is 2.21. The van der Waals surface area contributed by atoms with Gasteiger partial charge in [-0.3, -0.25) is 0 Å². The molecular weight excluding hydrogens is 224 g/mol. The molecule has 0 amide bonds. The van der Waals surface area contributed by atoms with Crippen LogP contribution in [0.15, 0.2) is 0 Å². The number of hydrogen-bond donors (Lipinski definition) is 1. The van der Waals surface area contributed by atoms with Crippen molar-refractivity contribution in [2.45, 2.75) is 46.7 Å². The highest BCUT2D eigenvalue weighted by Gasteiger charge is 2.21. The molecule has 0 spiro atoms. The molecule has 1 aromatic rings. The molecule has 1 aliphatic rings. The zero-order valence-electron chi connectivity index (χ0n) is 12.2. The fourth-order valence-corrected chi connectivity index (χ4v) is 2.99. The second kappa shape index (κ2) is 5.85. The smallest absolute Gasteiger partial charge is 0.106 e. The number of nitrogens with zero attached hydrogens (tertiary/aromatic N) is 3. The Hall–Kier alpha value is -0.870. The van der Waals surface area contributed by atoms with Crippen molar-refractivity contribution in [1.29, 1.82) is 0 Å². The van der Waals surface area contributed by atoms with E-state index in [-0.39, 0.29) is 0 Å². The minimum atomic E-state index is 0.513. The molecule has 0 saturated carbocycles. The van der Waals surface area contributed by atoms with Crippen molar-refractivity contribution in [3.63, 3.8) is 0 Å². The fraction of sp³-hybridized carbons (Fsp3) is 0.786. The Morgan fingerprint density at radius 2 is 2.11 bits per heavy atom. The van der Waals surface area contributed by atoms with Gasteiger partial charge in [0.15, 0.2) is 0 Å². The third-order valence-electron chi connectivity index (χ3n) is 3.96. The van der Waals surface area contributed by atoms with E-state index in [1.54, 1.807) is 0 Å². The van der Waals surface area contributed by atoms with Crippen molar-refractivity contribution in [2.75, 3.05) is 26.2 Å². The van der Waals surface area contributed by atoms with Crippen LogP contribution in [0.4, 0.5) is 0 Å². The second-order valence-corrected chi connectivity index (χ2v) is 5.18. The van der Waals surface area contributed by atoms with Gasteiger partial charge in [-0.05, 0) is 26.9 Å². The van der Waals surface area contributed by atoms with Gasteiger partial charge in [0.1, 0.15) is 5.82 Å². The van der Waals surface area contributed by atoms with E-state index in [0.717, 1.165) is 39.1 Å². The molecule has 0 radical (unpaired) electrons. The second-order valence-electron chi connectivity index (χ2n) is 5.18. The monoisotopic (exact) mass is 250 g/mol. The molecule has 0 bridgehead atoms. The quantitative estimate of drug-likeness (QED) is 0.864. The zero-order valence-corrected chi connectivity index (χ0v) is 12.2. The van der Waals surface area contributed by atoms with Crippen molar-refractivity contribution in [3.8, 4) is 0 Å². The molecule has 1 aliphatic heterocycles. The first kappa shape index (κ1) is 13.6. The summed E-state index contributed by atoms with van der Waals surface area (Å²) in [6.07, 6.45) is 1.11. The van der Waals surface area contributed by atoms with E-state index in [9.17, 15) is 0 Å². The lowest BCUT2D eigenvalue weighted by atomic mass is 10.1. The van der Waals surface area contributed by atoms with Crippen LogP contribution in [0.3, 0.4) is 0 Å². The Morgan fingerprint density at radius 1 is 1.39 bits per heavy atom. The van der Waals surface area contributed by atoms with Gasteiger partial charge in [-0.25, -0.2) is 4.98 Å². The van der Waals surface area contributed by atoms with Crippen LogP contribution in [0.2, 0.25) is 0 Å². The van der Waals surface area contributed by atoms with Gasteiger partial charge in [0.25, 0.3) is 0 Å². The zero-order chi connectivity index (χ0) is 13.1. The average Bonchev–Trinajstić information content (AvgIpc) is 2.71. The van der Waals surface area contributed by atoms with Gasteiger partial charge in [0, 0.05) is 37.8 Å². The van der Waals surface area contributed by atoms with E-state index in [4.69, 9.17) is 4.98 Å². The Kier molecular flexibility index (Phi) is 4.40. The number of aromatic nitrogens is 2. The first-order chi connectivity index (χ1) is 8.67. The van der Waals surface area contributed by atoms with Crippen LogP contribution in [0, 0.1) is 6.92 Å². The number of aryl methyl sites for hydroxylation is 1. The molecule has 0 fully saturated rings. The van der Waals surface area contributed by atoms with E-state index in [1.165, 1.54) is 17.2 Å². The highest BCUT2D eigenvalue weighted by atomic mass is 15.2. The molecule has 4 heteroatoms. The standard InChI is InChI=1S/C14H26N4/c1-5-17(6-2)10-11(3)18-12(4)16-13-9-15-8-7-14(13)18/h11,15H,5-10H2,1-4H3. The summed E-state index contributed by atoms with van der Waals surface area (Å²) in [5.41, 5.74) is 2.70. The molecule has 1 unspecified atom stereocenters. The predicted molar refractivity (Wildman–Crippen MR) is 74.9 cm³/mol. The Morgan fingerprint density at radius 3 is 2.78 bits per heavy atom. The molecule has 1 atom stereocenters. The minimum absolute atomic E-state index is 0.513. The summed E-state index contributed by atoms with van der Waals surface area (Å²) in [6, 6.07) is 0.513. The van der Waals surface area contributed by atoms with Crippen molar-refractivity contribution in [3.05, 3.63) is 17.2 Å².